The lowest BCUT2D eigenvalue weighted by Gasteiger charge is -2.09. The van der Waals surface area contributed by atoms with E-state index < -0.39 is 0 Å². The molecule has 0 fully saturated rings. The van der Waals surface area contributed by atoms with Gasteiger partial charge in [0, 0.05) is 12.7 Å². The van der Waals surface area contributed by atoms with Gasteiger partial charge in [-0.1, -0.05) is 46.8 Å². The van der Waals surface area contributed by atoms with E-state index in [0.29, 0.717) is 0 Å². The summed E-state index contributed by atoms with van der Waals surface area (Å²) >= 11 is 0. The molecule has 0 bridgehead atoms. The van der Waals surface area contributed by atoms with Crippen LogP contribution in [0.2, 0.25) is 0 Å². The van der Waals surface area contributed by atoms with Gasteiger partial charge in [-0.3, -0.25) is 0 Å². The predicted molar refractivity (Wildman–Crippen MR) is 81.3 cm³/mol. The third-order valence-electron chi connectivity index (χ3n) is 2.19. The normalized spacial score (nSPS) is 8.17. The molecule has 18 heavy (non-hydrogen) atoms. The maximum atomic E-state index is 11.1. The molecular weight excluding hydrogens is 224 g/mol. The van der Waals surface area contributed by atoms with Gasteiger partial charge < -0.3 is 10.6 Å². The third-order valence-corrected chi connectivity index (χ3v) is 2.19. The number of carbonyl (C=O) groups is 1. The zero-order valence-corrected chi connectivity index (χ0v) is 12.8. The molecule has 0 spiro atoms. The molecule has 0 aliphatic heterocycles. The molecule has 1 aromatic carbocycles. The Balaban J connectivity index is 0. The zero-order chi connectivity index (χ0) is 14.6. The second-order valence-electron chi connectivity index (χ2n) is 3.21. The first kappa shape index (κ1) is 18.8. The number of hydrogen-bond acceptors (Lipinski definition) is 1. The number of amides is 2. The lowest BCUT2D eigenvalue weighted by Crippen LogP contribution is -2.24. The van der Waals surface area contributed by atoms with Crippen molar-refractivity contribution in [3.05, 3.63) is 29.3 Å². The van der Waals surface area contributed by atoms with Gasteiger partial charge in [-0.25, -0.2) is 4.79 Å². The highest BCUT2D eigenvalue weighted by molar-refractivity contribution is 5.89. The lowest BCUT2D eigenvalue weighted by molar-refractivity contribution is 0.254. The Kier molecular flexibility index (Phi) is 12.5. The number of anilines is 1. The van der Waals surface area contributed by atoms with Crippen LogP contribution in [0.15, 0.2) is 18.2 Å². The number of carbonyl (C=O) groups excluding carboxylic acids is 1. The lowest BCUT2D eigenvalue weighted by atomic mass is 10.1. The SMILES string of the molecule is CC.CC.CCc1ccc(C)c(NC(=O)NC)c1. The Labute approximate surface area is 112 Å². The van der Waals surface area contributed by atoms with Gasteiger partial charge in [0.1, 0.15) is 0 Å². The molecular formula is C15H28N2O. The molecule has 0 heterocycles. The maximum Gasteiger partial charge on any atom is 0.318 e. The van der Waals surface area contributed by atoms with Crippen molar-refractivity contribution >= 4 is 11.7 Å². The molecule has 0 saturated carbocycles. The third kappa shape index (κ3) is 6.94. The molecule has 0 aliphatic carbocycles. The summed E-state index contributed by atoms with van der Waals surface area (Å²) in [6.45, 7) is 12.1. The van der Waals surface area contributed by atoms with E-state index in [1.165, 1.54) is 5.56 Å². The smallest absolute Gasteiger partial charge is 0.318 e. The van der Waals surface area contributed by atoms with Crippen molar-refractivity contribution in [3.63, 3.8) is 0 Å². The fourth-order valence-corrected chi connectivity index (χ4v) is 1.21. The fraction of sp³-hybridized carbons (Fsp3) is 0.533. The highest BCUT2D eigenvalue weighted by Gasteiger charge is 2.02. The summed E-state index contributed by atoms with van der Waals surface area (Å²) in [6, 6.07) is 5.92. The van der Waals surface area contributed by atoms with E-state index >= 15 is 0 Å². The van der Waals surface area contributed by atoms with E-state index in [0.717, 1.165) is 17.7 Å². The predicted octanol–water partition coefficient (Wildman–Crippen LogP) is 4.36. The van der Waals surface area contributed by atoms with E-state index in [9.17, 15) is 4.79 Å². The summed E-state index contributed by atoms with van der Waals surface area (Å²) in [6.07, 6.45) is 0.975. The largest absolute Gasteiger partial charge is 0.341 e. The summed E-state index contributed by atoms with van der Waals surface area (Å²) in [5, 5.41) is 5.31. The van der Waals surface area contributed by atoms with Crippen LogP contribution in [0, 0.1) is 6.92 Å². The van der Waals surface area contributed by atoms with Crippen molar-refractivity contribution in [3.8, 4) is 0 Å². The molecule has 0 atom stereocenters. The highest BCUT2D eigenvalue weighted by atomic mass is 16.2. The molecule has 0 saturated heterocycles. The number of nitrogens with one attached hydrogen (secondary N) is 2. The van der Waals surface area contributed by atoms with Crippen LogP contribution in [0.1, 0.15) is 45.7 Å². The van der Waals surface area contributed by atoms with E-state index in [-0.39, 0.29) is 6.03 Å². The Morgan fingerprint density at radius 1 is 1.17 bits per heavy atom. The Morgan fingerprint density at radius 2 is 1.72 bits per heavy atom. The van der Waals surface area contributed by atoms with Crippen LogP contribution < -0.4 is 10.6 Å². The van der Waals surface area contributed by atoms with E-state index in [1.54, 1.807) is 7.05 Å². The first-order valence-corrected chi connectivity index (χ1v) is 6.75. The zero-order valence-electron chi connectivity index (χ0n) is 12.8. The average molecular weight is 252 g/mol. The Morgan fingerprint density at radius 3 is 2.17 bits per heavy atom. The molecule has 1 rings (SSSR count). The Hall–Kier alpha value is -1.51. The van der Waals surface area contributed by atoms with Crippen LogP contribution in [-0.4, -0.2) is 13.1 Å². The van der Waals surface area contributed by atoms with Crippen LogP contribution in [0.5, 0.6) is 0 Å². The Bertz CT molecular complexity index is 335. The summed E-state index contributed by atoms with van der Waals surface area (Å²) in [7, 11) is 1.61. The molecule has 0 unspecified atom stereocenters. The number of aryl methyl sites for hydroxylation is 2. The van der Waals surface area contributed by atoms with Gasteiger partial charge >= 0.3 is 6.03 Å². The van der Waals surface area contributed by atoms with Gasteiger partial charge in [0.05, 0.1) is 0 Å². The van der Waals surface area contributed by atoms with Gasteiger partial charge in [-0.15, -0.1) is 0 Å². The molecule has 104 valence electrons. The second-order valence-corrected chi connectivity index (χ2v) is 3.21. The van der Waals surface area contributed by atoms with Gasteiger partial charge in [0.25, 0.3) is 0 Å². The van der Waals surface area contributed by atoms with Crippen molar-refractivity contribution < 1.29 is 4.79 Å². The molecule has 2 amide bonds. The van der Waals surface area contributed by atoms with Crippen molar-refractivity contribution in [2.75, 3.05) is 12.4 Å². The summed E-state index contributed by atoms with van der Waals surface area (Å²) in [4.78, 5) is 11.1. The molecule has 0 radical (unpaired) electrons. The van der Waals surface area contributed by atoms with Gasteiger partial charge in [-0.2, -0.15) is 0 Å². The monoisotopic (exact) mass is 252 g/mol. The first-order valence-electron chi connectivity index (χ1n) is 6.75. The fourth-order valence-electron chi connectivity index (χ4n) is 1.21. The topological polar surface area (TPSA) is 41.1 Å². The van der Waals surface area contributed by atoms with Crippen LogP contribution >= 0.6 is 0 Å². The number of benzene rings is 1. The number of hydrogen-bond donors (Lipinski definition) is 2. The van der Waals surface area contributed by atoms with Gasteiger partial charge in [-0.05, 0) is 30.5 Å². The van der Waals surface area contributed by atoms with Crippen molar-refractivity contribution in [1.82, 2.24) is 5.32 Å². The van der Waals surface area contributed by atoms with Crippen molar-refractivity contribution in [1.29, 1.82) is 0 Å². The average Bonchev–Trinajstić information content (AvgIpc) is 2.45. The number of rotatable bonds is 2. The summed E-state index contributed by atoms with van der Waals surface area (Å²) in [5.41, 5.74) is 3.18. The van der Waals surface area contributed by atoms with Crippen LogP contribution in [0.25, 0.3) is 0 Å². The molecule has 0 aliphatic rings. The molecule has 3 nitrogen and oxygen atoms in total. The van der Waals surface area contributed by atoms with E-state index in [4.69, 9.17) is 0 Å². The van der Waals surface area contributed by atoms with E-state index in [1.807, 2.05) is 46.8 Å². The molecule has 0 aromatic heterocycles. The standard InChI is InChI=1S/C11H16N2O.2C2H6/c1-4-9-6-5-8(2)10(7-9)13-11(14)12-3;2*1-2/h5-7H,4H2,1-3H3,(H2,12,13,14);2*1-2H3. The minimum absolute atomic E-state index is 0.179. The highest BCUT2D eigenvalue weighted by Crippen LogP contribution is 2.16. The van der Waals surface area contributed by atoms with Gasteiger partial charge in [0.15, 0.2) is 0 Å². The van der Waals surface area contributed by atoms with Crippen molar-refractivity contribution in [2.45, 2.75) is 48.0 Å². The van der Waals surface area contributed by atoms with Crippen LogP contribution in [0.3, 0.4) is 0 Å². The number of urea groups is 1. The van der Waals surface area contributed by atoms with Crippen LogP contribution in [-0.2, 0) is 6.42 Å². The quantitative estimate of drug-likeness (QED) is 0.806. The summed E-state index contributed by atoms with van der Waals surface area (Å²) < 4.78 is 0. The minimum Gasteiger partial charge on any atom is -0.341 e. The maximum absolute atomic E-state index is 11.1. The molecule has 1 aromatic rings. The molecule has 2 N–H and O–H groups in total. The first-order chi connectivity index (χ1) is 8.67. The second kappa shape index (κ2) is 12.0. The summed E-state index contributed by atoms with van der Waals surface area (Å²) in [5.74, 6) is 0. The van der Waals surface area contributed by atoms with E-state index in [2.05, 4.69) is 23.6 Å². The van der Waals surface area contributed by atoms with Gasteiger partial charge in [0.2, 0.25) is 0 Å². The van der Waals surface area contributed by atoms with Crippen LogP contribution in [0.4, 0.5) is 10.5 Å². The van der Waals surface area contributed by atoms with Crippen molar-refractivity contribution in [2.24, 2.45) is 0 Å². The minimum atomic E-state index is -0.179. The molecule has 3 heteroatoms.